The summed E-state index contributed by atoms with van der Waals surface area (Å²) < 4.78 is 0. The molecule has 6 N–H and O–H groups in total. The third-order valence-electron chi connectivity index (χ3n) is 1.20. The summed E-state index contributed by atoms with van der Waals surface area (Å²) in [5.74, 6) is 0. The highest BCUT2D eigenvalue weighted by molar-refractivity contribution is 7.76. The van der Waals surface area contributed by atoms with Crippen molar-refractivity contribution >= 4 is 13.0 Å². The smallest absolute Gasteiger partial charge is 0.170 e. The Balaban J connectivity index is 2.97. The molecule has 0 fully saturated rings. The van der Waals surface area contributed by atoms with Gasteiger partial charge in [0.15, 0.2) is 0 Å². The van der Waals surface area contributed by atoms with E-state index in [1.54, 1.807) is 0 Å². The third kappa shape index (κ3) is 1.75. The topological polar surface area (TPSA) is 78.1 Å². The maximum absolute atomic E-state index is 5.52. The first-order valence-corrected chi connectivity index (χ1v) is 4.91. The predicted molar refractivity (Wildman–Crippen MR) is 45.6 cm³/mol. The van der Waals surface area contributed by atoms with Gasteiger partial charge in [0.2, 0.25) is 7.71 Å². The Morgan fingerprint density at radius 1 is 0.900 bits per heavy atom. The molecule has 0 aromatic heterocycles. The third-order valence-corrected chi connectivity index (χ3v) is 2.40. The zero-order valence-corrected chi connectivity index (χ0v) is 6.46. The van der Waals surface area contributed by atoms with Crippen LogP contribution in [0.3, 0.4) is 0 Å². The van der Waals surface area contributed by atoms with Gasteiger partial charge in [0.25, 0.3) is 0 Å². The van der Waals surface area contributed by atoms with Gasteiger partial charge in [-0.3, -0.25) is 0 Å². The van der Waals surface area contributed by atoms with Gasteiger partial charge in [0, 0.05) is 0 Å². The van der Waals surface area contributed by atoms with Gasteiger partial charge in [-0.25, -0.2) is 0 Å². The van der Waals surface area contributed by atoms with Gasteiger partial charge in [0.05, 0.1) is 0 Å². The highest BCUT2D eigenvalue weighted by Crippen LogP contribution is 2.27. The lowest BCUT2D eigenvalue weighted by atomic mass is 10.4. The average Bonchev–Trinajstić information content (AvgIpc) is 1.88. The van der Waals surface area contributed by atoms with Gasteiger partial charge < -0.3 is 0 Å². The molecule has 0 bridgehead atoms. The molecule has 0 aliphatic rings. The summed E-state index contributed by atoms with van der Waals surface area (Å²) >= 11 is 0. The molecule has 0 atom stereocenters. The maximum atomic E-state index is 5.52. The van der Waals surface area contributed by atoms with Crippen LogP contribution < -0.4 is 21.8 Å². The Bertz CT molecular complexity index is 204. The molecule has 10 heavy (non-hydrogen) atoms. The molecule has 0 unspecified atom stereocenters. The van der Waals surface area contributed by atoms with Crippen molar-refractivity contribution in [2.45, 2.75) is 0 Å². The van der Waals surface area contributed by atoms with Crippen molar-refractivity contribution in [2.24, 2.45) is 16.5 Å². The van der Waals surface area contributed by atoms with Crippen LogP contribution in [0.2, 0.25) is 0 Å². The lowest BCUT2D eigenvalue weighted by Gasteiger charge is -2.07. The summed E-state index contributed by atoms with van der Waals surface area (Å²) in [6, 6.07) is 9.33. The van der Waals surface area contributed by atoms with Gasteiger partial charge in [-0.05, 0) is 12.1 Å². The van der Waals surface area contributed by atoms with Crippen LogP contribution in [0.4, 0.5) is 0 Å². The minimum Gasteiger partial charge on any atom is -0.170 e. The van der Waals surface area contributed by atoms with E-state index in [1.807, 2.05) is 30.3 Å². The molecule has 0 aliphatic carbocycles. The predicted octanol–water partition coefficient (Wildman–Crippen LogP) is -0.0494. The monoisotopic (exact) mass is 156 g/mol. The molecular formula is C6H11N3P+. The summed E-state index contributed by atoms with van der Waals surface area (Å²) in [6.07, 6.45) is 0. The first-order chi connectivity index (χ1) is 4.61. The molecule has 0 heterocycles. The van der Waals surface area contributed by atoms with Crippen LogP contribution in [0.25, 0.3) is 0 Å². The zero-order valence-electron chi connectivity index (χ0n) is 5.57. The van der Waals surface area contributed by atoms with E-state index in [4.69, 9.17) is 16.5 Å². The first-order valence-electron chi connectivity index (χ1n) is 2.91. The van der Waals surface area contributed by atoms with E-state index in [2.05, 4.69) is 0 Å². The molecule has 1 aromatic carbocycles. The fourth-order valence-electron chi connectivity index (χ4n) is 0.686. The van der Waals surface area contributed by atoms with Gasteiger partial charge >= 0.3 is 0 Å². The average molecular weight is 156 g/mol. The largest absolute Gasteiger partial charge is 0.246 e. The van der Waals surface area contributed by atoms with Crippen molar-refractivity contribution in [3.05, 3.63) is 30.3 Å². The summed E-state index contributed by atoms with van der Waals surface area (Å²) in [7, 11) is -2.27. The molecule has 0 spiro atoms. The second-order valence-electron chi connectivity index (χ2n) is 2.17. The minimum atomic E-state index is -2.27. The lowest BCUT2D eigenvalue weighted by molar-refractivity contribution is 1.60. The van der Waals surface area contributed by atoms with Crippen LogP contribution in [0.5, 0.6) is 0 Å². The number of hydrogen-bond donors (Lipinski definition) is 3. The van der Waals surface area contributed by atoms with E-state index in [9.17, 15) is 0 Å². The Kier molecular flexibility index (Phi) is 2.02. The number of hydrogen-bond acceptors (Lipinski definition) is 3. The van der Waals surface area contributed by atoms with Gasteiger partial charge in [-0.2, -0.15) is 16.5 Å². The van der Waals surface area contributed by atoms with E-state index in [0.717, 1.165) is 5.30 Å². The van der Waals surface area contributed by atoms with E-state index in [-0.39, 0.29) is 0 Å². The molecule has 3 nitrogen and oxygen atoms in total. The summed E-state index contributed by atoms with van der Waals surface area (Å²) in [6.45, 7) is 0. The summed E-state index contributed by atoms with van der Waals surface area (Å²) in [5.41, 5.74) is 16.6. The van der Waals surface area contributed by atoms with Gasteiger partial charge in [-0.15, -0.1) is 0 Å². The van der Waals surface area contributed by atoms with Crippen molar-refractivity contribution in [2.75, 3.05) is 0 Å². The van der Waals surface area contributed by atoms with Crippen LogP contribution >= 0.6 is 7.71 Å². The second-order valence-corrected chi connectivity index (χ2v) is 4.36. The van der Waals surface area contributed by atoms with E-state index in [0.29, 0.717) is 0 Å². The van der Waals surface area contributed by atoms with Gasteiger partial charge in [0.1, 0.15) is 5.30 Å². The van der Waals surface area contributed by atoms with Crippen molar-refractivity contribution in [3.8, 4) is 0 Å². The molecule has 1 aromatic rings. The Hall–Kier alpha value is -0.470. The SMILES string of the molecule is N[P+](N)(N)c1ccccc1. The molecule has 4 heteroatoms. The van der Waals surface area contributed by atoms with E-state index >= 15 is 0 Å². The van der Waals surface area contributed by atoms with Crippen LogP contribution in [0.1, 0.15) is 0 Å². The molecular weight excluding hydrogens is 145 g/mol. The zero-order chi connectivity index (χ0) is 7.61. The Morgan fingerprint density at radius 2 is 1.40 bits per heavy atom. The standard InChI is InChI=1S/C6H11N3P/c7-10(8,9)6-4-2-1-3-5-6/h1-5H,7-9H2/q+1. The fourth-order valence-corrected chi connectivity index (χ4v) is 1.37. The summed E-state index contributed by atoms with van der Waals surface area (Å²) in [5, 5.41) is 0.843. The molecule has 54 valence electrons. The highest BCUT2D eigenvalue weighted by atomic mass is 31.2. The van der Waals surface area contributed by atoms with Crippen LogP contribution in [0, 0.1) is 0 Å². The molecule has 1 rings (SSSR count). The van der Waals surface area contributed by atoms with E-state index in [1.165, 1.54) is 0 Å². The number of nitrogens with two attached hydrogens (primary N) is 3. The fraction of sp³-hybridized carbons (Fsp3) is 0. The summed E-state index contributed by atoms with van der Waals surface area (Å²) in [4.78, 5) is 0. The first kappa shape index (κ1) is 7.63. The van der Waals surface area contributed by atoms with Crippen molar-refractivity contribution in [1.29, 1.82) is 0 Å². The molecule has 0 aliphatic heterocycles. The minimum absolute atomic E-state index is 0.843. The lowest BCUT2D eigenvalue weighted by Crippen LogP contribution is -2.32. The normalized spacial score (nSPS) is 11.5. The highest BCUT2D eigenvalue weighted by Gasteiger charge is 2.23. The van der Waals surface area contributed by atoms with Crippen LogP contribution in [-0.4, -0.2) is 0 Å². The van der Waals surface area contributed by atoms with Crippen molar-refractivity contribution < 1.29 is 0 Å². The van der Waals surface area contributed by atoms with Gasteiger partial charge in [-0.1, -0.05) is 18.2 Å². The number of benzene rings is 1. The maximum Gasteiger partial charge on any atom is 0.246 e. The second kappa shape index (κ2) is 2.64. The quantitative estimate of drug-likeness (QED) is 0.499. The Morgan fingerprint density at radius 3 is 1.70 bits per heavy atom. The molecule has 0 amide bonds. The Labute approximate surface area is 60.7 Å². The van der Waals surface area contributed by atoms with E-state index < -0.39 is 7.71 Å². The van der Waals surface area contributed by atoms with Crippen molar-refractivity contribution in [3.63, 3.8) is 0 Å². The van der Waals surface area contributed by atoms with Crippen molar-refractivity contribution in [1.82, 2.24) is 0 Å². The number of rotatable bonds is 1. The molecule has 0 saturated heterocycles. The van der Waals surface area contributed by atoms with Crippen LogP contribution in [-0.2, 0) is 0 Å². The molecule has 0 radical (unpaired) electrons. The molecule has 0 saturated carbocycles. The van der Waals surface area contributed by atoms with Crippen LogP contribution in [0.15, 0.2) is 30.3 Å².